The van der Waals surface area contributed by atoms with E-state index in [1.54, 1.807) is 31.0 Å². The number of nitrogens with two attached hydrogens (primary N) is 2. The number of nitrogens with zero attached hydrogens (tertiary/aromatic N) is 5. The fourth-order valence-corrected chi connectivity index (χ4v) is 5.23. The summed E-state index contributed by atoms with van der Waals surface area (Å²) in [5, 5.41) is 13.1. The molecule has 1 aromatic carbocycles. The number of anilines is 1. The number of hydrogen-bond donors (Lipinski definition) is 4. The summed E-state index contributed by atoms with van der Waals surface area (Å²) in [6.45, 7) is 8.73. The molecule has 2 aliphatic rings. The smallest absolute Gasteiger partial charge is 0.354 e. The van der Waals surface area contributed by atoms with Crippen molar-refractivity contribution in [2.75, 3.05) is 51.1 Å². The van der Waals surface area contributed by atoms with E-state index in [9.17, 15) is 14.7 Å². The van der Waals surface area contributed by atoms with Crippen molar-refractivity contribution < 1.29 is 9.90 Å². The van der Waals surface area contributed by atoms with Gasteiger partial charge in [-0.1, -0.05) is 12.1 Å². The van der Waals surface area contributed by atoms with Crippen molar-refractivity contribution in [3.8, 4) is 5.69 Å². The largest absolute Gasteiger partial charge is 0.376 e. The maximum absolute atomic E-state index is 12.7. The fraction of sp³-hybridized carbons (Fsp3) is 0.607. The first-order chi connectivity index (χ1) is 18.6. The summed E-state index contributed by atoms with van der Waals surface area (Å²) in [4.78, 5) is 35.5. The first-order valence-electron chi connectivity index (χ1n) is 14.0. The number of aliphatic hydroxyl groups excluding tert-OH is 1. The van der Waals surface area contributed by atoms with E-state index in [0.717, 1.165) is 51.0 Å². The standard InChI is InChI=1S/C28H44N8O3/c1-28(2,30)25(37)34-17-19-35(20-18-34)26(38)31-24-12-16-36(27(39)32-24)23-9-7-21(8-10-23)5-3-13-33-14-4-6-22(29)11-15-33/h7-10,12,16,22,25,37H,3-6,11,13-15,17-20,29-30H2,1-2H3,(H,31,32,38,39). The minimum atomic E-state index is -0.782. The second-order valence-electron chi connectivity index (χ2n) is 11.4. The van der Waals surface area contributed by atoms with Crippen molar-refractivity contribution in [3.63, 3.8) is 0 Å². The Hall–Kier alpha value is -2.83. The molecule has 0 aliphatic carbocycles. The highest BCUT2D eigenvalue weighted by Crippen LogP contribution is 2.15. The zero-order valence-electron chi connectivity index (χ0n) is 23.3. The van der Waals surface area contributed by atoms with Crippen LogP contribution in [0.2, 0.25) is 0 Å². The summed E-state index contributed by atoms with van der Waals surface area (Å²) in [5.74, 6) is 0.206. The SMILES string of the molecule is CC(C)(N)C(O)N1CCN(C(=O)Nc2ccn(-c3ccc(CCCN4CCCC(N)CC4)cc3)c(=O)n2)CC1. The highest BCUT2D eigenvalue weighted by Gasteiger charge is 2.32. The van der Waals surface area contributed by atoms with Crippen LogP contribution in [0.3, 0.4) is 0 Å². The summed E-state index contributed by atoms with van der Waals surface area (Å²) in [5.41, 5.74) is 12.8. The Morgan fingerprint density at radius 1 is 1.10 bits per heavy atom. The first kappa shape index (κ1) is 29.2. The average Bonchev–Trinajstić information content (AvgIpc) is 3.12. The Balaban J connectivity index is 1.26. The molecule has 0 radical (unpaired) electrons. The van der Waals surface area contributed by atoms with Gasteiger partial charge in [0.1, 0.15) is 12.0 Å². The van der Waals surface area contributed by atoms with Crippen molar-refractivity contribution in [1.82, 2.24) is 24.3 Å². The lowest BCUT2D eigenvalue weighted by Gasteiger charge is -2.41. The van der Waals surface area contributed by atoms with Crippen LogP contribution >= 0.6 is 0 Å². The molecule has 4 rings (SSSR count). The Labute approximate surface area is 230 Å². The molecule has 2 unspecified atom stereocenters. The minimum Gasteiger partial charge on any atom is -0.376 e. The maximum atomic E-state index is 12.7. The van der Waals surface area contributed by atoms with Gasteiger partial charge in [-0.3, -0.25) is 14.8 Å². The van der Waals surface area contributed by atoms with E-state index in [-0.39, 0.29) is 11.8 Å². The second kappa shape index (κ2) is 13.0. The van der Waals surface area contributed by atoms with Crippen LogP contribution in [0.1, 0.15) is 45.1 Å². The first-order valence-corrected chi connectivity index (χ1v) is 14.0. The van der Waals surface area contributed by atoms with Gasteiger partial charge in [-0.15, -0.1) is 0 Å². The van der Waals surface area contributed by atoms with Crippen LogP contribution < -0.4 is 22.5 Å². The summed E-state index contributed by atoms with van der Waals surface area (Å²) in [6, 6.07) is 9.61. The number of aliphatic hydroxyl groups is 1. The third-order valence-electron chi connectivity index (χ3n) is 7.67. The minimum absolute atomic E-state index is 0.206. The lowest BCUT2D eigenvalue weighted by molar-refractivity contribution is -0.0573. The van der Waals surface area contributed by atoms with Crippen LogP contribution in [0.25, 0.3) is 5.69 Å². The molecule has 2 aliphatic heterocycles. The van der Waals surface area contributed by atoms with Crippen molar-refractivity contribution >= 4 is 11.8 Å². The summed E-state index contributed by atoms with van der Waals surface area (Å²) < 4.78 is 1.47. The lowest BCUT2D eigenvalue weighted by atomic mass is 10.0. The molecule has 0 saturated carbocycles. The van der Waals surface area contributed by atoms with E-state index < -0.39 is 17.5 Å². The van der Waals surface area contributed by atoms with Crippen LogP contribution in [0.15, 0.2) is 41.3 Å². The molecule has 2 amide bonds. The maximum Gasteiger partial charge on any atom is 0.354 e. The molecular weight excluding hydrogens is 496 g/mol. The molecule has 3 heterocycles. The molecule has 11 nitrogen and oxygen atoms in total. The number of hydrogen-bond acceptors (Lipinski definition) is 8. The molecule has 2 fully saturated rings. The van der Waals surface area contributed by atoms with Crippen molar-refractivity contribution in [1.29, 1.82) is 0 Å². The predicted octanol–water partition coefficient (Wildman–Crippen LogP) is 1.18. The van der Waals surface area contributed by atoms with Crippen molar-refractivity contribution in [2.45, 2.75) is 63.8 Å². The molecule has 6 N–H and O–H groups in total. The summed E-state index contributed by atoms with van der Waals surface area (Å²) in [6.07, 6.45) is 6.30. The Kier molecular flexibility index (Phi) is 9.73. The highest BCUT2D eigenvalue weighted by molar-refractivity contribution is 5.88. The highest BCUT2D eigenvalue weighted by atomic mass is 16.3. The second-order valence-corrected chi connectivity index (χ2v) is 11.4. The molecule has 39 heavy (non-hydrogen) atoms. The number of carbonyl (C=O) groups is 1. The molecule has 0 bridgehead atoms. The molecule has 2 aromatic rings. The average molecular weight is 541 g/mol. The zero-order chi connectivity index (χ0) is 28.0. The number of aromatic nitrogens is 2. The number of aryl methyl sites for hydroxylation is 1. The summed E-state index contributed by atoms with van der Waals surface area (Å²) in [7, 11) is 0. The normalized spacial score (nSPS) is 20.4. The van der Waals surface area contributed by atoms with Crippen LogP contribution in [-0.4, -0.2) is 99.0 Å². The van der Waals surface area contributed by atoms with E-state index in [2.05, 4.69) is 27.3 Å². The molecular formula is C28H44N8O3. The van der Waals surface area contributed by atoms with Gasteiger partial charge in [0.2, 0.25) is 0 Å². The predicted molar refractivity (Wildman–Crippen MR) is 153 cm³/mol. The Bertz CT molecular complexity index is 1140. The van der Waals surface area contributed by atoms with Crippen molar-refractivity contribution in [2.24, 2.45) is 11.5 Å². The Morgan fingerprint density at radius 3 is 2.49 bits per heavy atom. The third-order valence-corrected chi connectivity index (χ3v) is 7.67. The number of amides is 2. The van der Waals surface area contributed by atoms with E-state index in [4.69, 9.17) is 11.5 Å². The van der Waals surface area contributed by atoms with Gasteiger partial charge in [-0.25, -0.2) is 9.59 Å². The van der Waals surface area contributed by atoms with E-state index in [1.807, 2.05) is 17.0 Å². The molecule has 1 aromatic heterocycles. The van der Waals surface area contributed by atoms with Crippen LogP contribution in [0, 0.1) is 0 Å². The molecule has 2 atom stereocenters. The number of rotatable bonds is 8. The van der Waals surface area contributed by atoms with Gasteiger partial charge in [-0.2, -0.15) is 4.98 Å². The lowest BCUT2D eigenvalue weighted by Crippen LogP contribution is -2.60. The van der Waals surface area contributed by atoms with E-state index >= 15 is 0 Å². The van der Waals surface area contributed by atoms with Gasteiger partial charge >= 0.3 is 11.7 Å². The zero-order valence-corrected chi connectivity index (χ0v) is 23.3. The number of urea groups is 1. The van der Waals surface area contributed by atoms with E-state index in [0.29, 0.717) is 32.2 Å². The van der Waals surface area contributed by atoms with Gasteiger partial charge in [0, 0.05) is 44.0 Å². The van der Waals surface area contributed by atoms with Gasteiger partial charge < -0.3 is 26.4 Å². The van der Waals surface area contributed by atoms with Crippen molar-refractivity contribution in [3.05, 3.63) is 52.6 Å². The van der Waals surface area contributed by atoms with Crippen LogP contribution in [0.4, 0.5) is 10.6 Å². The monoisotopic (exact) mass is 540 g/mol. The van der Waals surface area contributed by atoms with Gasteiger partial charge in [0.05, 0.1) is 5.69 Å². The number of nitrogens with one attached hydrogen (secondary N) is 1. The topological polar surface area (TPSA) is 146 Å². The molecule has 11 heteroatoms. The van der Waals surface area contributed by atoms with Gasteiger partial charge in [-0.05, 0) is 89.3 Å². The number of likely N-dealkylation sites (tertiary alicyclic amines) is 1. The fourth-order valence-electron chi connectivity index (χ4n) is 5.23. The van der Waals surface area contributed by atoms with Gasteiger partial charge in [0.25, 0.3) is 0 Å². The van der Waals surface area contributed by atoms with Crippen LogP contribution in [-0.2, 0) is 6.42 Å². The number of piperazine rings is 1. The summed E-state index contributed by atoms with van der Waals surface area (Å²) >= 11 is 0. The van der Waals surface area contributed by atoms with E-state index in [1.165, 1.54) is 16.6 Å². The number of carbonyl (C=O) groups excluding carboxylic acids is 1. The molecule has 214 valence electrons. The Morgan fingerprint density at radius 2 is 1.82 bits per heavy atom. The van der Waals surface area contributed by atoms with Crippen LogP contribution in [0.5, 0.6) is 0 Å². The quantitative estimate of drug-likeness (QED) is 0.391. The number of benzene rings is 1. The third kappa shape index (κ3) is 8.09. The molecule has 2 saturated heterocycles. The van der Waals surface area contributed by atoms with Gasteiger partial charge in [0.15, 0.2) is 0 Å². The molecule has 0 spiro atoms.